The first kappa shape index (κ1) is 19.5. The highest BCUT2D eigenvalue weighted by Gasteiger charge is 2.08. The standard InChI is InChI=1S/C24H22FN5/c25-21-11-5-4-8-19(21)12-14-27-23-15-22(20-9-2-1-3-10-20)29-24(30-23)28-17-18-7-6-13-26-16-18/h1-11,13,15-16H,12,14,17H2,(H2,27,28,29,30). The monoisotopic (exact) mass is 399 g/mol. The predicted molar refractivity (Wildman–Crippen MR) is 118 cm³/mol. The highest BCUT2D eigenvalue weighted by atomic mass is 19.1. The van der Waals surface area contributed by atoms with Gasteiger partial charge in [-0.25, -0.2) is 9.37 Å². The summed E-state index contributed by atoms with van der Waals surface area (Å²) in [6, 6.07) is 22.6. The average molecular weight is 399 g/mol. The number of benzene rings is 2. The maximum atomic E-state index is 13.9. The van der Waals surface area contributed by atoms with Crippen molar-refractivity contribution < 1.29 is 4.39 Å². The van der Waals surface area contributed by atoms with Crippen molar-refractivity contribution in [1.82, 2.24) is 15.0 Å². The van der Waals surface area contributed by atoms with Crippen LogP contribution in [0.2, 0.25) is 0 Å². The van der Waals surface area contributed by atoms with Gasteiger partial charge in [0, 0.05) is 37.1 Å². The van der Waals surface area contributed by atoms with Crippen LogP contribution in [0.15, 0.2) is 85.2 Å². The summed E-state index contributed by atoms with van der Waals surface area (Å²) in [5.41, 5.74) is 3.53. The van der Waals surface area contributed by atoms with Gasteiger partial charge < -0.3 is 10.6 Å². The van der Waals surface area contributed by atoms with Gasteiger partial charge >= 0.3 is 0 Å². The number of rotatable bonds is 8. The Balaban J connectivity index is 1.51. The van der Waals surface area contributed by atoms with E-state index in [1.54, 1.807) is 18.3 Å². The van der Waals surface area contributed by atoms with Crippen LogP contribution in [-0.4, -0.2) is 21.5 Å². The lowest BCUT2D eigenvalue weighted by molar-refractivity contribution is 0.610. The molecule has 2 heterocycles. The van der Waals surface area contributed by atoms with Gasteiger partial charge in [0.1, 0.15) is 11.6 Å². The molecule has 0 saturated carbocycles. The second-order valence-corrected chi connectivity index (χ2v) is 6.81. The molecule has 0 saturated heterocycles. The molecule has 0 amide bonds. The molecule has 150 valence electrons. The van der Waals surface area contributed by atoms with Gasteiger partial charge in [0.25, 0.3) is 0 Å². The number of nitrogens with zero attached hydrogens (tertiary/aromatic N) is 3. The van der Waals surface area contributed by atoms with Gasteiger partial charge in [-0.05, 0) is 29.7 Å². The van der Waals surface area contributed by atoms with Crippen LogP contribution < -0.4 is 10.6 Å². The van der Waals surface area contributed by atoms with Gasteiger partial charge in [-0.3, -0.25) is 4.98 Å². The van der Waals surface area contributed by atoms with Gasteiger partial charge in [0.15, 0.2) is 0 Å². The molecule has 0 aliphatic rings. The number of hydrogen-bond donors (Lipinski definition) is 2. The first-order valence-electron chi connectivity index (χ1n) is 9.82. The normalized spacial score (nSPS) is 10.6. The van der Waals surface area contributed by atoms with Gasteiger partial charge in [0.05, 0.1) is 5.69 Å². The number of hydrogen-bond acceptors (Lipinski definition) is 5. The molecular weight excluding hydrogens is 377 g/mol. The lowest BCUT2D eigenvalue weighted by Crippen LogP contribution is -2.10. The predicted octanol–water partition coefficient (Wildman–Crippen LogP) is 4.94. The number of aromatic nitrogens is 3. The molecule has 6 heteroatoms. The molecule has 0 aliphatic carbocycles. The molecule has 4 rings (SSSR count). The minimum absolute atomic E-state index is 0.189. The van der Waals surface area contributed by atoms with Crippen molar-refractivity contribution in [2.24, 2.45) is 0 Å². The van der Waals surface area contributed by atoms with E-state index in [1.807, 2.05) is 60.8 Å². The number of anilines is 2. The third kappa shape index (κ3) is 5.17. The van der Waals surface area contributed by atoms with Crippen molar-refractivity contribution in [2.45, 2.75) is 13.0 Å². The Labute approximate surface area is 175 Å². The SMILES string of the molecule is Fc1ccccc1CCNc1cc(-c2ccccc2)nc(NCc2cccnc2)n1. The average Bonchev–Trinajstić information content (AvgIpc) is 2.80. The van der Waals surface area contributed by atoms with Gasteiger partial charge in [-0.15, -0.1) is 0 Å². The van der Waals surface area contributed by atoms with E-state index >= 15 is 0 Å². The van der Waals surface area contributed by atoms with E-state index in [0.717, 1.165) is 16.8 Å². The van der Waals surface area contributed by atoms with Gasteiger partial charge in [0.2, 0.25) is 5.95 Å². The number of halogens is 1. The van der Waals surface area contributed by atoms with Crippen LogP contribution in [0.3, 0.4) is 0 Å². The molecule has 2 aromatic heterocycles. The molecular formula is C24H22FN5. The van der Waals surface area contributed by atoms with E-state index < -0.39 is 0 Å². The van der Waals surface area contributed by atoms with Crippen molar-refractivity contribution in [2.75, 3.05) is 17.2 Å². The highest BCUT2D eigenvalue weighted by molar-refractivity contribution is 5.64. The zero-order valence-corrected chi connectivity index (χ0v) is 16.4. The van der Waals surface area contributed by atoms with E-state index in [0.29, 0.717) is 36.8 Å². The van der Waals surface area contributed by atoms with E-state index in [2.05, 4.69) is 25.6 Å². The summed E-state index contributed by atoms with van der Waals surface area (Å²) in [7, 11) is 0. The van der Waals surface area contributed by atoms with Crippen LogP contribution in [0.4, 0.5) is 16.2 Å². The number of nitrogens with one attached hydrogen (secondary N) is 2. The summed E-state index contributed by atoms with van der Waals surface area (Å²) >= 11 is 0. The van der Waals surface area contributed by atoms with Crippen LogP contribution in [0.1, 0.15) is 11.1 Å². The van der Waals surface area contributed by atoms with Crippen molar-refractivity contribution >= 4 is 11.8 Å². The Hall–Kier alpha value is -3.80. The Bertz CT molecular complexity index is 1090. The van der Waals surface area contributed by atoms with Crippen molar-refractivity contribution in [3.05, 3.63) is 102 Å². The Morgan fingerprint density at radius 2 is 1.67 bits per heavy atom. The van der Waals surface area contributed by atoms with Crippen LogP contribution in [0, 0.1) is 5.82 Å². The topological polar surface area (TPSA) is 62.7 Å². The molecule has 0 aliphatic heterocycles. The van der Waals surface area contributed by atoms with E-state index in [1.165, 1.54) is 6.07 Å². The molecule has 0 fully saturated rings. The lowest BCUT2D eigenvalue weighted by atomic mass is 10.1. The van der Waals surface area contributed by atoms with Crippen LogP contribution in [0.5, 0.6) is 0 Å². The maximum Gasteiger partial charge on any atom is 0.225 e. The Morgan fingerprint density at radius 3 is 2.47 bits per heavy atom. The van der Waals surface area contributed by atoms with Gasteiger partial charge in [-0.2, -0.15) is 4.98 Å². The fraction of sp³-hybridized carbons (Fsp3) is 0.125. The van der Waals surface area contributed by atoms with Crippen molar-refractivity contribution in [1.29, 1.82) is 0 Å². The molecule has 0 unspecified atom stereocenters. The zero-order chi connectivity index (χ0) is 20.6. The molecule has 0 bridgehead atoms. The van der Waals surface area contributed by atoms with Crippen LogP contribution in [-0.2, 0) is 13.0 Å². The highest BCUT2D eigenvalue weighted by Crippen LogP contribution is 2.21. The molecule has 2 N–H and O–H groups in total. The third-order valence-electron chi connectivity index (χ3n) is 4.63. The second-order valence-electron chi connectivity index (χ2n) is 6.81. The summed E-state index contributed by atoms with van der Waals surface area (Å²) < 4.78 is 13.9. The minimum atomic E-state index is -0.189. The first-order chi connectivity index (χ1) is 14.8. The quantitative estimate of drug-likeness (QED) is 0.439. The third-order valence-corrected chi connectivity index (χ3v) is 4.63. The minimum Gasteiger partial charge on any atom is -0.370 e. The maximum absolute atomic E-state index is 13.9. The lowest BCUT2D eigenvalue weighted by Gasteiger charge is -2.12. The number of pyridine rings is 1. The fourth-order valence-electron chi connectivity index (χ4n) is 3.08. The molecule has 4 aromatic rings. The molecule has 2 aromatic carbocycles. The summed E-state index contributed by atoms with van der Waals surface area (Å²) in [6.45, 7) is 1.13. The van der Waals surface area contributed by atoms with Crippen molar-refractivity contribution in [3.8, 4) is 11.3 Å². The molecule has 0 spiro atoms. The molecule has 30 heavy (non-hydrogen) atoms. The summed E-state index contributed by atoms with van der Waals surface area (Å²) in [6.07, 6.45) is 4.12. The Morgan fingerprint density at radius 1 is 0.833 bits per heavy atom. The van der Waals surface area contributed by atoms with Gasteiger partial charge in [-0.1, -0.05) is 54.6 Å². The summed E-state index contributed by atoms with van der Waals surface area (Å²) in [5, 5.41) is 6.57. The molecule has 0 radical (unpaired) electrons. The van der Waals surface area contributed by atoms with E-state index in [4.69, 9.17) is 0 Å². The second kappa shape index (κ2) is 9.60. The molecule has 5 nitrogen and oxygen atoms in total. The fourth-order valence-corrected chi connectivity index (χ4v) is 3.08. The smallest absolute Gasteiger partial charge is 0.225 e. The zero-order valence-electron chi connectivity index (χ0n) is 16.4. The summed E-state index contributed by atoms with van der Waals surface area (Å²) in [4.78, 5) is 13.4. The van der Waals surface area contributed by atoms with E-state index in [9.17, 15) is 4.39 Å². The largest absolute Gasteiger partial charge is 0.370 e. The van der Waals surface area contributed by atoms with E-state index in [-0.39, 0.29) is 5.82 Å². The van der Waals surface area contributed by atoms with Crippen molar-refractivity contribution in [3.63, 3.8) is 0 Å². The Kier molecular flexibility index (Phi) is 6.25. The summed E-state index contributed by atoms with van der Waals surface area (Å²) in [5.74, 6) is 1.02. The van der Waals surface area contributed by atoms with Crippen LogP contribution >= 0.6 is 0 Å². The molecule has 0 atom stereocenters. The van der Waals surface area contributed by atoms with Crippen LogP contribution in [0.25, 0.3) is 11.3 Å². The first-order valence-corrected chi connectivity index (χ1v) is 9.82.